The van der Waals surface area contributed by atoms with Gasteiger partial charge in [-0.2, -0.15) is 0 Å². The van der Waals surface area contributed by atoms with Gasteiger partial charge in [0, 0.05) is 18.0 Å². The Kier molecular flexibility index (Phi) is 3.67. The summed E-state index contributed by atoms with van der Waals surface area (Å²) in [5, 5.41) is 10.7. The number of benzene rings is 2. The molecule has 1 atom stereocenters. The SMILES string of the molecule is CCOc1ccc(-c2ccc(N(C)C(=O)O)cc2)c2c1[PH]2=O. The first-order valence-corrected chi connectivity index (χ1v) is 8.37. The molecule has 6 heteroatoms. The third-order valence-electron chi connectivity index (χ3n) is 3.71. The van der Waals surface area contributed by atoms with E-state index in [-0.39, 0.29) is 0 Å². The van der Waals surface area contributed by atoms with Gasteiger partial charge < -0.3 is 14.4 Å². The molecule has 1 aliphatic rings. The highest BCUT2D eigenvalue weighted by Crippen LogP contribution is 2.43. The maximum absolute atomic E-state index is 12.1. The molecule has 3 rings (SSSR count). The van der Waals surface area contributed by atoms with Gasteiger partial charge >= 0.3 is 6.09 Å². The van der Waals surface area contributed by atoms with Crippen molar-refractivity contribution in [2.45, 2.75) is 6.92 Å². The van der Waals surface area contributed by atoms with E-state index in [1.807, 2.05) is 31.2 Å². The minimum atomic E-state index is -1.83. The van der Waals surface area contributed by atoms with Crippen LogP contribution in [0.15, 0.2) is 36.4 Å². The fourth-order valence-electron chi connectivity index (χ4n) is 2.48. The van der Waals surface area contributed by atoms with Crippen molar-refractivity contribution in [2.24, 2.45) is 0 Å². The minimum absolute atomic E-state index is 0.553. The highest BCUT2D eigenvalue weighted by molar-refractivity contribution is 7.74. The zero-order valence-corrected chi connectivity index (χ0v) is 13.3. The van der Waals surface area contributed by atoms with Gasteiger partial charge in [0.05, 0.1) is 11.9 Å². The summed E-state index contributed by atoms with van der Waals surface area (Å²) in [6, 6.07) is 10.9. The Hall–Kier alpha value is -2.26. The largest absolute Gasteiger partial charge is 0.493 e. The standard InChI is InChI=1S/C16H16NO4P/c1-3-21-13-9-8-12(14-15(13)22(14)20)10-4-6-11(7-5-10)17(2)16(18)19/h4-9,22H,3H2,1-2H3,(H,18,19). The molecule has 0 radical (unpaired) electrons. The number of carboxylic acid groups (broad SMARTS) is 1. The Morgan fingerprint density at radius 3 is 2.45 bits per heavy atom. The zero-order valence-electron chi connectivity index (χ0n) is 12.3. The average Bonchev–Trinajstić information content (AvgIpc) is 3.19. The van der Waals surface area contributed by atoms with Gasteiger partial charge in [-0.15, -0.1) is 0 Å². The Balaban J connectivity index is 1.94. The summed E-state index contributed by atoms with van der Waals surface area (Å²) < 4.78 is 17.6. The molecule has 22 heavy (non-hydrogen) atoms. The predicted molar refractivity (Wildman–Crippen MR) is 87.7 cm³/mol. The van der Waals surface area contributed by atoms with Gasteiger partial charge in [0.15, 0.2) is 0 Å². The molecule has 0 spiro atoms. The van der Waals surface area contributed by atoms with Crippen LogP contribution in [0.25, 0.3) is 11.1 Å². The second-order valence-electron chi connectivity index (χ2n) is 5.01. The highest BCUT2D eigenvalue weighted by atomic mass is 31.1. The van der Waals surface area contributed by atoms with Crippen molar-refractivity contribution in [1.82, 2.24) is 0 Å². The van der Waals surface area contributed by atoms with Crippen molar-refractivity contribution in [1.29, 1.82) is 0 Å². The quantitative estimate of drug-likeness (QED) is 0.751. The van der Waals surface area contributed by atoms with Gasteiger partial charge in [-0.05, 0) is 42.3 Å². The minimum Gasteiger partial charge on any atom is -0.493 e. The lowest BCUT2D eigenvalue weighted by atomic mass is 10.1. The first-order chi connectivity index (χ1) is 10.5. The molecule has 5 nitrogen and oxygen atoms in total. The summed E-state index contributed by atoms with van der Waals surface area (Å²) >= 11 is 0. The van der Waals surface area contributed by atoms with Crippen molar-refractivity contribution in [2.75, 3.05) is 18.6 Å². The average molecular weight is 317 g/mol. The molecule has 1 aliphatic heterocycles. The van der Waals surface area contributed by atoms with Crippen molar-refractivity contribution < 1.29 is 19.2 Å². The first kappa shape index (κ1) is 14.7. The van der Waals surface area contributed by atoms with E-state index in [1.54, 1.807) is 12.1 Å². The summed E-state index contributed by atoms with van der Waals surface area (Å²) in [6.45, 7) is 2.45. The maximum Gasteiger partial charge on any atom is 0.411 e. The Labute approximate surface area is 128 Å². The van der Waals surface area contributed by atoms with Gasteiger partial charge in [0.1, 0.15) is 13.6 Å². The monoisotopic (exact) mass is 317 g/mol. The molecule has 0 saturated heterocycles. The molecule has 1 N–H and O–H groups in total. The molecule has 0 aromatic heterocycles. The van der Waals surface area contributed by atoms with Crippen molar-refractivity contribution >= 4 is 30.2 Å². The van der Waals surface area contributed by atoms with Crippen LogP contribution in [0.2, 0.25) is 0 Å². The second kappa shape index (κ2) is 5.50. The van der Waals surface area contributed by atoms with Crippen LogP contribution in [0, 0.1) is 0 Å². The molecule has 0 aliphatic carbocycles. The van der Waals surface area contributed by atoms with Crippen LogP contribution in [0.4, 0.5) is 10.5 Å². The lowest BCUT2D eigenvalue weighted by Crippen LogP contribution is -2.23. The smallest absolute Gasteiger partial charge is 0.411 e. The molecule has 1 unspecified atom stereocenters. The van der Waals surface area contributed by atoms with E-state index in [0.717, 1.165) is 26.6 Å². The lowest BCUT2D eigenvalue weighted by molar-refractivity contribution is 0.203. The molecule has 0 bridgehead atoms. The van der Waals surface area contributed by atoms with E-state index >= 15 is 0 Å². The Bertz CT molecular complexity index is 770. The van der Waals surface area contributed by atoms with Crippen LogP contribution in [0.3, 0.4) is 0 Å². The number of hydrogen-bond donors (Lipinski definition) is 1. The lowest BCUT2D eigenvalue weighted by Gasteiger charge is -2.13. The molecule has 1 amide bonds. The Morgan fingerprint density at radius 1 is 1.18 bits per heavy atom. The van der Waals surface area contributed by atoms with Gasteiger partial charge in [0.2, 0.25) is 0 Å². The van der Waals surface area contributed by atoms with E-state index in [0.29, 0.717) is 18.0 Å². The molecular formula is C16H16NO4P. The molecule has 1 heterocycles. The van der Waals surface area contributed by atoms with Gasteiger partial charge in [-0.25, -0.2) is 4.79 Å². The Morgan fingerprint density at radius 2 is 1.86 bits per heavy atom. The summed E-state index contributed by atoms with van der Waals surface area (Å²) in [5.41, 5.74) is 2.46. The number of fused-ring (bicyclic) bond motifs is 1. The summed E-state index contributed by atoms with van der Waals surface area (Å²) in [4.78, 5) is 12.1. The molecular weight excluding hydrogens is 301 g/mol. The van der Waals surface area contributed by atoms with Crippen LogP contribution >= 0.6 is 7.80 Å². The van der Waals surface area contributed by atoms with Gasteiger partial charge in [-0.3, -0.25) is 4.90 Å². The van der Waals surface area contributed by atoms with E-state index in [2.05, 4.69) is 0 Å². The number of rotatable bonds is 4. The van der Waals surface area contributed by atoms with E-state index in [4.69, 9.17) is 9.84 Å². The third kappa shape index (κ3) is 2.38. The van der Waals surface area contributed by atoms with Gasteiger partial charge in [0.25, 0.3) is 0 Å². The summed E-state index contributed by atoms with van der Waals surface area (Å²) in [6.07, 6.45) is -1.01. The van der Waals surface area contributed by atoms with Crippen molar-refractivity contribution in [3.05, 3.63) is 36.4 Å². The number of carbonyl (C=O) groups is 1. The molecule has 2 aromatic carbocycles. The zero-order chi connectivity index (χ0) is 15.9. The van der Waals surface area contributed by atoms with Crippen molar-refractivity contribution in [3.63, 3.8) is 0 Å². The highest BCUT2D eigenvalue weighted by Gasteiger charge is 2.36. The van der Waals surface area contributed by atoms with Crippen LogP contribution in [0.5, 0.6) is 5.75 Å². The van der Waals surface area contributed by atoms with E-state index in [9.17, 15) is 9.36 Å². The number of nitrogens with zero attached hydrogens (tertiary/aromatic N) is 1. The van der Waals surface area contributed by atoms with Crippen molar-refractivity contribution in [3.8, 4) is 16.9 Å². The fourth-order valence-corrected chi connectivity index (χ4v) is 4.08. The topological polar surface area (TPSA) is 66.8 Å². The summed E-state index contributed by atoms with van der Waals surface area (Å²) in [5.74, 6) is 0.715. The van der Waals surface area contributed by atoms with Gasteiger partial charge in [-0.1, -0.05) is 12.1 Å². The van der Waals surface area contributed by atoms with E-state index < -0.39 is 13.9 Å². The van der Waals surface area contributed by atoms with Crippen LogP contribution in [0.1, 0.15) is 6.92 Å². The molecule has 2 aromatic rings. The third-order valence-corrected chi connectivity index (χ3v) is 5.39. The normalized spacial score (nSPS) is 15.1. The maximum atomic E-state index is 12.1. The molecule has 114 valence electrons. The molecule has 0 saturated carbocycles. The van der Waals surface area contributed by atoms with Crippen LogP contribution in [-0.2, 0) is 4.57 Å². The molecule has 0 fully saturated rings. The summed E-state index contributed by atoms with van der Waals surface area (Å²) in [7, 11) is -0.339. The number of ether oxygens (including phenoxy) is 1. The first-order valence-electron chi connectivity index (χ1n) is 6.96. The van der Waals surface area contributed by atoms with Crippen LogP contribution in [-0.4, -0.2) is 24.9 Å². The number of anilines is 1. The van der Waals surface area contributed by atoms with Crippen LogP contribution < -0.4 is 20.2 Å². The second-order valence-corrected chi connectivity index (χ2v) is 6.67. The number of hydrogen-bond acceptors (Lipinski definition) is 3. The fraction of sp³-hybridized carbons (Fsp3) is 0.188. The number of amides is 1. The van der Waals surface area contributed by atoms with E-state index in [1.165, 1.54) is 7.05 Å². The predicted octanol–water partition coefficient (Wildman–Crippen LogP) is 2.69.